The van der Waals surface area contributed by atoms with Crippen molar-refractivity contribution in [3.63, 3.8) is 0 Å². The highest BCUT2D eigenvalue weighted by molar-refractivity contribution is 8.04. The number of ether oxygens (including phenoxy) is 1. The number of amides is 1. The highest BCUT2D eigenvalue weighted by atomic mass is 32.2. The van der Waals surface area contributed by atoms with Crippen LogP contribution in [0.15, 0.2) is 16.3 Å². The number of rotatable bonds is 6. The Morgan fingerprint density at radius 2 is 2.27 bits per heavy atom. The van der Waals surface area contributed by atoms with E-state index in [0.29, 0.717) is 29.7 Å². The van der Waals surface area contributed by atoms with Crippen molar-refractivity contribution in [3.8, 4) is 0 Å². The highest BCUT2D eigenvalue weighted by Crippen LogP contribution is 2.29. The van der Waals surface area contributed by atoms with Crippen LogP contribution in [0.3, 0.4) is 0 Å². The molecule has 1 aliphatic rings. The fourth-order valence-electron chi connectivity index (χ4n) is 1.80. The van der Waals surface area contributed by atoms with Crippen LogP contribution in [0.25, 0.3) is 0 Å². The van der Waals surface area contributed by atoms with Gasteiger partial charge in [0.2, 0.25) is 5.91 Å². The van der Waals surface area contributed by atoms with Crippen molar-refractivity contribution in [1.82, 2.24) is 19.7 Å². The van der Waals surface area contributed by atoms with E-state index in [2.05, 4.69) is 10.2 Å². The molecule has 7 nitrogen and oxygen atoms in total. The quantitative estimate of drug-likeness (QED) is 0.437. The molecule has 1 aliphatic heterocycles. The second kappa shape index (κ2) is 7.68. The second-order valence-electron chi connectivity index (χ2n) is 4.51. The Balaban J connectivity index is 1.93. The van der Waals surface area contributed by atoms with Gasteiger partial charge in [0.25, 0.3) is 0 Å². The van der Waals surface area contributed by atoms with E-state index in [4.69, 9.17) is 4.74 Å². The average Bonchev–Trinajstić information content (AvgIpc) is 2.97. The Morgan fingerprint density at radius 3 is 2.91 bits per heavy atom. The van der Waals surface area contributed by atoms with E-state index in [9.17, 15) is 9.59 Å². The molecule has 2 rings (SSSR count). The molecule has 22 heavy (non-hydrogen) atoms. The first kappa shape index (κ1) is 16.9. The van der Waals surface area contributed by atoms with Gasteiger partial charge in [-0.25, -0.2) is 4.79 Å². The predicted molar refractivity (Wildman–Crippen MR) is 85.4 cm³/mol. The van der Waals surface area contributed by atoms with Gasteiger partial charge in [-0.3, -0.25) is 4.79 Å². The summed E-state index contributed by atoms with van der Waals surface area (Å²) in [5, 5.41) is 9.52. The lowest BCUT2D eigenvalue weighted by Gasteiger charge is -2.16. The maximum absolute atomic E-state index is 11.9. The molecule has 0 bridgehead atoms. The number of aryl methyl sites for hydroxylation is 1. The first-order valence-corrected chi connectivity index (χ1v) is 8.80. The molecule has 0 radical (unpaired) electrons. The lowest BCUT2D eigenvalue weighted by molar-refractivity contribution is -0.137. The molecular formula is C13H18N4O3S2. The maximum Gasteiger partial charge on any atom is 0.333 e. The molecule has 1 fully saturated rings. The van der Waals surface area contributed by atoms with Crippen molar-refractivity contribution in [2.24, 2.45) is 7.05 Å². The molecule has 1 aromatic rings. The lowest BCUT2D eigenvalue weighted by atomic mass is 10.5. The molecule has 1 amide bonds. The predicted octanol–water partition coefficient (Wildman–Crippen LogP) is 1.20. The Morgan fingerprint density at radius 1 is 1.50 bits per heavy atom. The third-order valence-electron chi connectivity index (χ3n) is 3.04. The average molecular weight is 342 g/mol. The largest absolute Gasteiger partial charge is 0.463 e. The summed E-state index contributed by atoms with van der Waals surface area (Å²) in [5.41, 5.74) is 0. The molecule has 0 spiro atoms. The van der Waals surface area contributed by atoms with Gasteiger partial charge in [-0.1, -0.05) is 23.5 Å². The van der Waals surface area contributed by atoms with Gasteiger partial charge in [0.1, 0.15) is 5.82 Å². The summed E-state index contributed by atoms with van der Waals surface area (Å²) in [7, 11) is 1.90. The fourth-order valence-corrected chi connectivity index (χ4v) is 3.63. The summed E-state index contributed by atoms with van der Waals surface area (Å²) >= 11 is 2.89. The van der Waals surface area contributed by atoms with Crippen molar-refractivity contribution >= 4 is 35.4 Å². The Hall–Kier alpha value is -1.48. The normalized spacial score (nSPS) is 16.6. The number of carbonyl (C=O) groups is 2. The van der Waals surface area contributed by atoms with Crippen LogP contribution in [0.2, 0.25) is 0 Å². The molecule has 120 valence electrons. The molecule has 0 N–H and O–H groups in total. The summed E-state index contributed by atoms with van der Waals surface area (Å²) in [6.45, 7) is 4.48. The number of hydrogen-bond donors (Lipinski definition) is 0. The second-order valence-corrected chi connectivity index (χ2v) is 6.56. The number of thioether (sulfide) groups is 2. The van der Waals surface area contributed by atoms with Crippen LogP contribution in [0, 0.1) is 6.92 Å². The van der Waals surface area contributed by atoms with E-state index in [1.165, 1.54) is 29.6 Å². The van der Waals surface area contributed by atoms with Crippen LogP contribution >= 0.6 is 23.5 Å². The van der Waals surface area contributed by atoms with Crippen molar-refractivity contribution in [2.45, 2.75) is 19.0 Å². The Bertz CT molecular complexity index is 600. The zero-order chi connectivity index (χ0) is 16.1. The van der Waals surface area contributed by atoms with E-state index in [0.717, 1.165) is 11.0 Å². The SMILES string of the molecule is CCOC(=O)/C=C1\SCC(=O)N1CCSc1nnc(C)n1C. The van der Waals surface area contributed by atoms with E-state index in [1.54, 1.807) is 11.8 Å². The molecule has 9 heteroatoms. The molecule has 1 saturated heterocycles. The molecule has 2 heterocycles. The Labute approximate surface area is 137 Å². The number of aromatic nitrogens is 3. The van der Waals surface area contributed by atoms with Crippen LogP contribution in [0.4, 0.5) is 0 Å². The third-order valence-corrected chi connectivity index (χ3v) is 5.06. The lowest BCUT2D eigenvalue weighted by Crippen LogP contribution is -2.27. The first-order chi connectivity index (χ1) is 10.5. The maximum atomic E-state index is 11.9. The van der Waals surface area contributed by atoms with Gasteiger partial charge in [0, 0.05) is 19.3 Å². The van der Waals surface area contributed by atoms with Crippen molar-refractivity contribution in [2.75, 3.05) is 24.7 Å². The van der Waals surface area contributed by atoms with Gasteiger partial charge in [-0.15, -0.1) is 10.2 Å². The third kappa shape index (κ3) is 4.04. The molecule has 0 atom stereocenters. The summed E-state index contributed by atoms with van der Waals surface area (Å²) in [6, 6.07) is 0. The Kier molecular flexibility index (Phi) is 5.90. The topological polar surface area (TPSA) is 77.3 Å². The van der Waals surface area contributed by atoms with Crippen LogP contribution in [-0.4, -0.2) is 56.2 Å². The van der Waals surface area contributed by atoms with Crippen molar-refractivity contribution < 1.29 is 14.3 Å². The molecular weight excluding hydrogens is 324 g/mol. The van der Waals surface area contributed by atoms with Crippen LogP contribution in [0.5, 0.6) is 0 Å². The standard InChI is InChI=1S/C13H18N4O3S2/c1-4-20-12(19)7-11-17(10(18)8-22-11)5-6-21-13-15-14-9(2)16(13)3/h7H,4-6,8H2,1-3H3/b11-7-. The fraction of sp³-hybridized carbons (Fsp3) is 0.538. The van der Waals surface area contributed by atoms with Crippen molar-refractivity contribution in [1.29, 1.82) is 0 Å². The van der Waals surface area contributed by atoms with Gasteiger partial charge in [-0.05, 0) is 13.8 Å². The van der Waals surface area contributed by atoms with Gasteiger partial charge in [-0.2, -0.15) is 0 Å². The van der Waals surface area contributed by atoms with E-state index < -0.39 is 5.97 Å². The van der Waals surface area contributed by atoms with E-state index in [1.807, 2.05) is 18.5 Å². The summed E-state index contributed by atoms with van der Waals surface area (Å²) in [6.07, 6.45) is 1.39. The molecule has 1 aromatic heterocycles. The molecule has 0 aromatic carbocycles. The van der Waals surface area contributed by atoms with E-state index >= 15 is 0 Å². The van der Waals surface area contributed by atoms with E-state index in [-0.39, 0.29) is 5.91 Å². The zero-order valence-corrected chi connectivity index (χ0v) is 14.4. The molecule has 0 unspecified atom stereocenters. The van der Waals surface area contributed by atoms with Crippen LogP contribution in [-0.2, 0) is 21.4 Å². The molecule has 0 saturated carbocycles. The monoisotopic (exact) mass is 342 g/mol. The minimum absolute atomic E-state index is 0.00953. The number of nitrogens with zero attached hydrogens (tertiary/aromatic N) is 4. The smallest absolute Gasteiger partial charge is 0.333 e. The van der Waals surface area contributed by atoms with Crippen molar-refractivity contribution in [3.05, 3.63) is 16.9 Å². The van der Waals surface area contributed by atoms with Gasteiger partial charge in [0.15, 0.2) is 5.16 Å². The zero-order valence-electron chi connectivity index (χ0n) is 12.7. The molecule has 0 aliphatic carbocycles. The number of carbonyl (C=O) groups excluding carboxylic acids is 2. The number of hydrogen-bond acceptors (Lipinski definition) is 7. The highest BCUT2D eigenvalue weighted by Gasteiger charge is 2.27. The van der Waals surface area contributed by atoms with Gasteiger partial charge < -0.3 is 14.2 Å². The summed E-state index contributed by atoms with van der Waals surface area (Å²) < 4.78 is 6.79. The minimum atomic E-state index is -0.415. The first-order valence-electron chi connectivity index (χ1n) is 6.83. The van der Waals surface area contributed by atoms with Gasteiger partial charge in [0.05, 0.1) is 23.5 Å². The van der Waals surface area contributed by atoms with Crippen LogP contribution in [0.1, 0.15) is 12.7 Å². The summed E-state index contributed by atoms with van der Waals surface area (Å²) in [5.74, 6) is 1.48. The number of esters is 1. The minimum Gasteiger partial charge on any atom is -0.463 e. The van der Waals surface area contributed by atoms with Gasteiger partial charge >= 0.3 is 5.97 Å². The summed E-state index contributed by atoms with van der Waals surface area (Å²) in [4.78, 5) is 25.0. The van der Waals surface area contributed by atoms with Crippen LogP contribution < -0.4 is 0 Å².